The molecule has 3 rings (SSSR count). The molecular formula is C14H19N3O3S. The lowest BCUT2D eigenvalue weighted by molar-refractivity contribution is 0.111. The normalized spacial score (nSPS) is 17.1. The zero-order chi connectivity index (χ0) is 14.8. The number of ether oxygens (including phenoxy) is 1. The second-order valence-electron chi connectivity index (χ2n) is 5.32. The van der Waals surface area contributed by atoms with Gasteiger partial charge in [0, 0.05) is 43.1 Å². The maximum atomic E-state index is 12.0. The molecule has 3 heterocycles. The third-order valence-corrected chi connectivity index (χ3v) is 4.97. The number of fused-ring (bicyclic) bond motifs is 1. The van der Waals surface area contributed by atoms with Gasteiger partial charge in [-0.15, -0.1) is 0 Å². The van der Waals surface area contributed by atoms with E-state index in [0.29, 0.717) is 12.0 Å². The van der Waals surface area contributed by atoms with Gasteiger partial charge < -0.3 is 14.2 Å². The Balaban J connectivity index is 1.63. The number of hydrogen-bond donors (Lipinski definition) is 0. The van der Waals surface area contributed by atoms with Gasteiger partial charge in [0.1, 0.15) is 0 Å². The highest BCUT2D eigenvalue weighted by atomic mass is 32.2. The number of likely N-dealkylation sites (tertiary alicyclic amines) is 1. The van der Waals surface area contributed by atoms with Crippen LogP contribution >= 0.6 is 11.8 Å². The molecule has 0 aliphatic carbocycles. The molecule has 0 aromatic carbocycles. The predicted molar refractivity (Wildman–Crippen MR) is 79.8 cm³/mol. The Morgan fingerprint density at radius 2 is 2.10 bits per heavy atom. The molecular weight excluding hydrogens is 290 g/mol. The fraction of sp³-hybridized carbons (Fsp3) is 0.643. The van der Waals surface area contributed by atoms with E-state index in [4.69, 9.17) is 4.74 Å². The number of carbonyl (C=O) groups excluding carboxylic acids is 1. The summed E-state index contributed by atoms with van der Waals surface area (Å²) in [6.07, 6.45) is 2.25. The van der Waals surface area contributed by atoms with Crippen LogP contribution in [0, 0.1) is 6.92 Å². The molecule has 1 aromatic rings. The van der Waals surface area contributed by atoms with Gasteiger partial charge in [0.2, 0.25) is 0 Å². The molecule has 1 amide bonds. The van der Waals surface area contributed by atoms with Crippen molar-refractivity contribution in [3.63, 3.8) is 0 Å². The largest absolute Gasteiger partial charge is 0.449 e. The fourth-order valence-corrected chi connectivity index (χ4v) is 3.78. The summed E-state index contributed by atoms with van der Waals surface area (Å²) < 4.78 is 7.34. The van der Waals surface area contributed by atoms with E-state index in [1.165, 1.54) is 0 Å². The molecule has 0 atom stereocenters. The minimum atomic E-state index is -0.269. The van der Waals surface area contributed by atoms with E-state index >= 15 is 0 Å². The monoisotopic (exact) mass is 309 g/mol. The van der Waals surface area contributed by atoms with Gasteiger partial charge in [-0.2, -0.15) is 4.98 Å². The second-order valence-corrected chi connectivity index (χ2v) is 6.38. The zero-order valence-electron chi connectivity index (χ0n) is 12.1. The van der Waals surface area contributed by atoms with Gasteiger partial charge in [0.15, 0.2) is 5.16 Å². The summed E-state index contributed by atoms with van der Waals surface area (Å²) in [4.78, 5) is 29.7. The van der Waals surface area contributed by atoms with Crippen molar-refractivity contribution in [3.05, 3.63) is 21.6 Å². The lowest BCUT2D eigenvalue weighted by Gasteiger charge is -2.16. The van der Waals surface area contributed by atoms with Crippen molar-refractivity contribution in [2.24, 2.45) is 0 Å². The van der Waals surface area contributed by atoms with E-state index in [1.54, 1.807) is 16.7 Å². The van der Waals surface area contributed by atoms with Gasteiger partial charge in [-0.25, -0.2) is 4.79 Å². The summed E-state index contributed by atoms with van der Waals surface area (Å²) in [7, 11) is 0. The molecule has 1 aromatic heterocycles. The first-order valence-corrected chi connectivity index (χ1v) is 8.30. The van der Waals surface area contributed by atoms with Crippen LogP contribution in [0.15, 0.2) is 9.95 Å². The standard InChI is InChI=1S/C14H19N3O3S/c1-10-11(12(18)15-13-17(10)7-9-21-13)4-8-20-14(19)16-5-2-3-6-16/h2-9H2,1H3. The van der Waals surface area contributed by atoms with E-state index < -0.39 is 0 Å². The lowest BCUT2D eigenvalue weighted by Crippen LogP contribution is -2.29. The molecule has 0 N–H and O–H groups in total. The van der Waals surface area contributed by atoms with Crippen molar-refractivity contribution in [2.45, 2.75) is 37.9 Å². The summed E-state index contributed by atoms with van der Waals surface area (Å²) in [6.45, 7) is 4.62. The first-order chi connectivity index (χ1) is 10.2. The summed E-state index contributed by atoms with van der Waals surface area (Å²) in [5, 5.41) is 0.801. The van der Waals surface area contributed by atoms with E-state index in [1.807, 2.05) is 6.92 Å². The summed E-state index contributed by atoms with van der Waals surface area (Å²) in [6, 6.07) is 0. The minimum absolute atomic E-state index is 0.189. The molecule has 0 spiro atoms. The Labute approximate surface area is 127 Å². The van der Waals surface area contributed by atoms with Crippen molar-refractivity contribution in [2.75, 3.05) is 25.4 Å². The van der Waals surface area contributed by atoms with Gasteiger partial charge >= 0.3 is 6.09 Å². The van der Waals surface area contributed by atoms with Gasteiger partial charge in [-0.05, 0) is 19.8 Å². The number of aromatic nitrogens is 2. The van der Waals surface area contributed by atoms with Gasteiger partial charge in [-0.1, -0.05) is 11.8 Å². The highest BCUT2D eigenvalue weighted by Crippen LogP contribution is 2.24. The van der Waals surface area contributed by atoms with Crippen LogP contribution in [0.5, 0.6) is 0 Å². The van der Waals surface area contributed by atoms with Crippen LogP contribution in [0.1, 0.15) is 24.1 Å². The Bertz CT molecular complexity index is 608. The van der Waals surface area contributed by atoms with E-state index in [-0.39, 0.29) is 18.3 Å². The molecule has 1 saturated heterocycles. The third kappa shape index (κ3) is 2.92. The lowest BCUT2D eigenvalue weighted by atomic mass is 10.2. The van der Waals surface area contributed by atoms with Crippen LogP contribution in [-0.2, 0) is 17.7 Å². The maximum absolute atomic E-state index is 12.0. The van der Waals surface area contributed by atoms with Gasteiger partial charge in [0.25, 0.3) is 5.56 Å². The molecule has 0 radical (unpaired) electrons. The Morgan fingerprint density at radius 3 is 2.86 bits per heavy atom. The molecule has 7 heteroatoms. The smallest absolute Gasteiger partial charge is 0.409 e. The maximum Gasteiger partial charge on any atom is 0.409 e. The number of rotatable bonds is 3. The molecule has 6 nitrogen and oxygen atoms in total. The first-order valence-electron chi connectivity index (χ1n) is 7.31. The second kappa shape index (κ2) is 6.09. The van der Waals surface area contributed by atoms with E-state index in [9.17, 15) is 9.59 Å². The first kappa shape index (κ1) is 14.4. The number of thioether (sulfide) groups is 1. The number of amides is 1. The topological polar surface area (TPSA) is 64.4 Å². The van der Waals surface area contributed by atoms with Crippen LogP contribution in [-0.4, -0.2) is 46.0 Å². The highest BCUT2D eigenvalue weighted by Gasteiger charge is 2.21. The number of hydrogen-bond acceptors (Lipinski definition) is 5. The SMILES string of the molecule is Cc1c(CCOC(=O)N2CCCC2)c(=O)nc2n1CCS2. The van der Waals surface area contributed by atoms with Crippen LogP contribution in [0.25, 0.3) is 0 Å². The fourth-order valence-electron chi connectivity index (χ4n) is 2.80. The molecule has 0 bridgehead atoms. The summed E-state index contributed by atoms with van der Waals surface area (Å²) in [5.41, 5.74) is 1.42. The van der Waals surface area contributed by atoms with Crippen molar-refractivity contribution in [1.82, 2.24) is 14.5 Å². The van der Waals surface area contributed by atoms with Crippen LogP contribution in [0.4, 0.5) is 4.79 Å². The molecule has 21 heavy (non-hydrogen) atoms. The van der Waals surface area contributed by atoms with Crippen LogP contribution < -0.4 is 5.56 Å². The minimum Gasteiger partial charge on any atom is -0.449 e. The molecule has 0 unspecified atom stereocenters. The number of carbonyl (C=O) groups is 1. The van der Waals surface area contributed by atoms with Crippen molar-refractivity contribution >= 4 is 17.9 Å². The molecule has 1 fully saturated rings. The van der Waals surface area contributed by atoms with Crippen molar-refractivity contribution in [1.29, 1.82) is 0 Å². The number of nitrogens with zero attached hydrogens (tertiary/aromatic N) is 3. The average molecular weight is 309 g/mol. The Hall–Kier alpha value is -1.50. The van der Waals surface area contributed by atoms with Crippen molar-refractivity contribution < 1.29 is 9.53 Å². The van der Waals surface area contributed by atoms with E-state index in [2.05, 4.69) is 9.55 Å². The average Bonchev–Trinajstić information content (AvgIpc) is 3.12. The molecule has 2 aliphatic heterocycles. The highest BCUT2D eigenvalue weighted by molar-refractivity contribution is 7.99. The molecule has 114 valence electrons. The quantitative estimate of drug-likeness (QED) is 0.790. The van der Waals surface area contributed by atoms with Gasteiger partial charge in [-0.3, -0.25) is 4.79 Å². The predicted octanol–water partition coefficient (Wildman–Crippen LogP) is 1.43. The third-order valence-electron chi connectivity index (χ3n) is 4.02. The zero-order valence-corrected chi connectivity index (χ0v) is 12.9. The van der Waals surface area contributed by atoms with Crippen molar-refractivity contribution in [3.8, 4) is 0 Å². The molecule has 2 aliphatic rings. The Morgan fingerprint density at radius 1 is 1.33 bits per heavy atom. The van der Waals surface area contributed by atoms with E-state index in [0.717, 1.165) is 49.1 Å². The Kier molecular flexibility index (Phi) is 4.19. The van der Waals surface area contributed by atoms with Crippen LogP contribution in [0.3, 0.4) is 0 Å². The summed E-state index contributed by atoms with van der Waals surface area (Å²) in [5.74, 6) is 0.959. The van der Waals surface area contributed by atoms with Gasteiger partial charge in [0.05, 0.1) is 6.61 Å². The van der Waals surface area contributed by atoms with Crippen LogP contribution in [0.2, 0.25) is 0 Å². The molecule has 0 saturated carbocycles. The summed E-state index contributed by atoms with van der Waals surface area (Å²) >= 11 is 1.61.